The Morgan fingerprint density at radius 1 is 1.25 bits per heavy atom. The van der Waals surface area contributed by atoms with Gasteiger partial charge in [-0.15, -0.1) is 11.3 Å². The van der Waals surface area contributed by atoms with Gasteiger partial charge < -0.3 is 20.5 Å². The molecular weight excluding hydrogens is 376 g/mol. The van der Waals surface area contributed by atoms with Crippen LogP contribution in [0.15, 0.2) is 40.5 Å². The molecule has 0 bridgehead atoms. The first-order valence-electron chi connectivity index (χ1n) is 8.62. The molecule has 2 amide bonds. The molecule has 3 aromatic heterocycles. The summed E-state index contributed by atoms with van der Waals surface area (Å²) in [4.78, 5) is 30.9. The van der Waals surface area contributed by atoms with Gasteiger partial charge in [0.15, 0.2) is 5.13 Å². The Kier molecular flexibility index (Phi) is 4.48. The molecule has 4 rings (SSSR count). The molecule has 28 heavy (non-hydrogen) atoms. The number of amides is 2. The number of nitrogens with two attached hydrogens (primary N) is 1. The van der Waals surface area contributed by atoms with E-state index < -0.39 is 5.91 Å². The Labute approximate surface area is 164 Å². The summed E-state index contributed by atoms with van der Waals surface area (Å²) in [5.41, 5.74) is 10.9. The number of H-pyrrole nitrogens is 1. The molecule has 0 saturated carbocycles. The van der Waals surface area contributed by atoms with Crippen LogP contribution in [0.25, 0.3) is 22.2 Å². The number of fused-ring (bicyclic) bond motifs is 1. The third-order valence-corrected chi connectivity index (χ3v) is 5.37. The fourth-order valence-electron chi connectivity index (χ4n) is 2.96. The number of thiazole rings is 1. The zero-order valence-electron chi connectivity index (χ0n) is 15.3. The smallest absolute Gasteiger partial charge is 0.265 e. The van der Waals surface area contributed by atoms with Crippen molar-refractivity contribution in [2.24, 2.45) is 5.73 Å². The summed E-state index contributed by atoms with van der Waals surface area (Å²) >= 11 is 1.31. The number of aryl methyl sites for hydroxylation is 2. The molecule has 3 heterocycles. The molecule has 0 saturated heterocycles. The van der Waals surface area contributed by atoms with Crippen LogP contribution in [0.2, 0.25) is 0 Å². The molecule has 142 valence electrons. The van der Waals surface area contributed by atoms with Gasteiger partial charge in [-0.3, -0.25) is 9.59 Å². The molecule has 0 aliphatic carbocycles. The number of hydrogen-bond donors (Lipinski definition) is 3. The van der Waals surface area contributed by atoms with Crippen molar-refractivity contribution in [2.45, 2.75) is 20.3 Å². The predicted octanol–water partition coefficient (Wildman–Crippen LogP) is 3.78. The highest BCUT2D eigenvalue weighted by Crippen LogP contribution is 2.27. The number of aromatic amines is 1. The molecule has 0 spiro atoms. The molecule has 7 nitrogen and oxygen atoms in total. The summed E-state index contributed by atoms with van der Waals surface area (Å²) in [6.45, 7) is 4.06. The van der Waals surface area contributed by atoms with Gasteiger partial charge in [0, 0.05) is 28.1 Å². The molecular formula is C20H18N4O3S. The standard InChI is InChI=1S/C20H18N4O3S/c1-10-3-14-13(8-27-17(14)4-11(10)2)6-18(25)24-20-23-16(9-28-20)12-5-15(19(21)26)22-7-12/h3-5,7-9,22H,6H2,1-2H3,(H2,21,26)(H,23,24,25). The Bertz CT molecular complexity index is 1200. The topological polar surface area (TPSA) is 114 Å². The van der Waals surface area contributed by atoms with Gasteiger partial charge in [0.1, 0.15) is 11.3 Å². The Hall–Kier alpha value is -3.39. The van der Waals surface area contributed by atoms with Gasteiger partial charge in [0.25, 0.3) is 5.91 Å². The first-order valence-corrected chi connectivity index (χ1v) is 9.50. The Balaban J connectivity index is 1.48. The van der Waals surface area contributed by atoms with Crippen LogP contribution in [-0.4, -0.2) is 21.8 Å². The number of hydrogen-bond acceptors (Lipinski definition) is 5. The summed E-state index contributed by atoms with van der Waals surface area (Å²) in [7, 11) is 0. The summed E-state index contributed by atoms with van der Waals surface area (Å²) in [5, 5.41) is 6.06. The third kappa shape index (κ3) is 3.41. The van der Waals surface area contributed by atoms with Crippen molar-refractivity contribution in [2.75, 3.05) is 5.32 Å². The van der Waals surface area contributed by atoms with E-state index in [0.29, 0.717) is 16.5 Å². The highest BCUT2D eigenvalue weighted by molar-refractivity contribution is 7.14. The van der Waals surface area contributed by atoms with E-state index in [1.165, 1.54) is 11.3 Å². The van der Waals surface area contributed by atoms with Crippen LogP contribution < -0.4 is 11.1 Å². The van der Waals surface area contributed by atoms with Crippen LogP contribution in [0.5, 0.6) is 0 Å². The second kappa shape index (κ2) is 6.97. The molecule has 0 radical (unpaired) electrons. The third-order valence-electron chi connectivity index (χ3n) is 4.62. The second-order valence-corrected chi connectivity index (χ2v) is 7.48. The zero-order valence-corrected chi connectivity index (χ0v) is 16.1. The van der Waals surface area contributed by atoms with Crippen molar-refractivity contribution < 1.29 is 14.0 Å². The lowest BCUT2D eigenvalue weighted by Crippen LogP contribution is -2.14. The quantitative estimate of drug-likeness (QED) is 0.478. The van der Waals surface area contributed by atoms with Crippen LogP contribution in [0, 0.1) is 13.8 Å². The number of nitrogens with zero attached hydrogens (tertiary/aromatic N) is 1. The fourth-order valence-corrected chi connectivity index (χ4v) is 3.69. The molecule has 4 N–H and O–H groups in total. The van der Waals surface area contributed by atoms with Crippen molar-refractivity contribution in [3.05, 3.63) is 58.4 Å². The number of carbonyl (C=O) groups is 2. The first-order chi connectivity index (χ1) is 13.4. The lowest BCUT2D eigenvalue weighted by Gasteiger charge is -2.02. The van der Waals surface area contributed by atoms with Crippen molar-refractivity contribution >= 4 is 39.3 Å². The van der Waals surface area contributed by atoms with Gasteiger partial charge in [0.2, 0.25) is 5.91 Å². The minimum Gasteiger partial charge on any atom is -0.464 e. The van der Waals surface area contributed by atoms with Gasteiger partial charge >= 0.3 is 0 Å². The van der Waals surface area contributed by atoms with Crippen LogP contribution in [0.3, 0.4) is 0 Å². The van der Waals surface area contributed by atoms with Crippen molar-refractivity contribution in [1.82, 2.24) is 9.97 Å². The van der Waals surface area contributed by atoms with Gasteiger partial charge in [-0.05, 0) is 43.2 Å². The minimum absolute atomic E-state index is 0.172. The van der Waals surface area contributed by atoms with Gasteiger partial charge in [-0.25, -0.2) is 4.98 Å². The molecule has 8 heteroatoms. The normalized spacial score (nSPS) is 11.1. The lowest BCUT2D eigenvalue weighted by molar-refractivity contribution is -0.115. The number of rotatable bonds is 5. The van der Waals surface area contributed by atoms with Crippen LogP contribution in [0.1, 0.15) is 27.2 Å². The molecule has 0 atom stereocenters. The zero-order chi connectivity index (χ0) is 19.8. The first kappa shape index (κ1) is 18.0. The number of carbonyl (C=O) groups excluding carboxylic acids is 2. The van der Waals surface area contributed by atoms with E-state index >= 15 is 0 Å². The number of nitrogens with one attached hydrogen (secondary N) is 2. The molecule has 4 aromatic rings. The molecule has 0 unspecified atom stereocenters. The lowest BCUT2D eigenvalue weighted by atomic mass is 10.0. The summed E-state index contributed by atoms with van der Waals surface area (Å²) in [6, 6.07) is 5.65. The number of furan rings is 1. The largest absolute Gasteiger partial charge is 0.464 e. The van der Waals surface area contributed by atoms with E-state index in [1.807, 2.05) is 31.4 Å². The maximum atomic E-state index is 12.5. The fraction of sp³-hybridized carbons (Fsp3) is 0.150. The summed E-state index contributed by atoms with van der Waals surface area (Å²) < 4.78 is 5.59. The van der Waals surface area contributed by atoms with E-state index in [0.717, 1.165) is 33.2 Å². The summed E-state index contributed by atoms with van der Waals surface area (Å²) in [5.74, 6) is -0.707. The van der Waals surface area contributed by atoms with E-state index in [9.17, 15) is 9.59 Å². The summed E-state index contributed by atoms with van der Waals surface area (Å²) in [6.07, 6.45) is 3.48. The number of primary amides is 1. The highest BCUT2D eigenvalue weighted by Gasteiger charge is 2.14. The van der Waals surface area contributed by atoms with Gasteiger partial charge in [0.05, 0.1) is 18.4 Å². The maximum Gasteiger partial charge on any atom is 0.265 e. The maximum absolute atomic E-state index is 12.5. The highest BCUT2D eigenvalue weighted by atomic mass is 32.1. The Morgan fingerprint density at radius 2 is 2.04 bits per heavy atom. The van der Waals surface area contributed by atoms with Crippen molar-refractivity contribution in [1.29, 1.82) is 0 Å². The average Bonchev–Trinajstić information content (AvgIpc) is 3.36. The number of aromatic nitrogens is 2. The van der Waals surface area contributed by atoms with Crippen LogP contribution in [0.4, 0.5) is 5.13 Å². The monoisotopic (exact) mass is 394 g/mol. The number of anilines is 1. The van der Waals surface area contributed by atoms with E-state index in [1.54, 1.807) is 18.5 Å². The van der Waals surface area contributed by atoms with E-state index in [4.69, 9.17) is 10.2 Å². The minimum atomic E-state index is -0.534. The number of benzene rings is 1. The van der Waals surface area contributed by atoms with Crippen LogP contribution >= 0.6 is 11.3 Å². The molecule has 0 fully saturated rings. The Morgan fingerprint density at radius 3 is 2.79 bits per heavy atom. The molecule has 0 aliphatic rings. The second-order valence-electron chi connectivity index (χ2n) is 6.62. The molecule has 1 aromatic carbocycles. The van der Waals surface area contributed by atoms with Gasteiger partial charge in [-0.2, -0.15) is 0 Å². The molecule has 0 aliphatic heterocycles. The van der Waals surface area contributed by atoms with Crippen molar-refractivity contribution in [3.63, 3.8) is 0 Å². The van der Waals surface area contributed by atoms with Gasteiger partial charge in [-0.1, -0.05) is 0 Å². The average molecular weight is 394 g/mol. The van der Waals surface area contributed by atoms with Crippen LogP contribution in [-0.2, 0) is 11.2 Å². The SMILES string of the molecule is Cc1cc2occ(CC(=O)Nc3nc(-c4c[nH]c(C(N)=O)c4)cs3)c2cc1C. The van der Waals surface area contributed by atoms with E-state index in [2.05, 4.69) is 15.3 Å². The van der Waals surface area contributed by atoms with E-state index in [-0.39, 0.29) is 12.3 Å². The predicted molar refractivity (Wildman–Crippen MR) is 108 cm³/mol. The van der Waals surface area contributed by atoms with Crippen molar-refractivity contribution in [3.8, 4) is 11.3 Å².